The molecule has 1 N–H and O–H groups in total. The van der Waals surface area contributed by atoms with Gasteiger partial charge in [-0.1, -0.05) is 0 Å². The first-order chi connectivity index (χ1) is 9.28. The average molecular weight is 305 g/mol. The Hall–Kier alpha value is -1.87. The second-order valence-electron chi connectivity index (χ2n) is 4.79. The van der Waals surface area contributed by atoms with Crippen molar-refractivity contribution in [3.63, 3.8) is 0 Å². The van der Waals surface area contributed by atoms with Gasteiger partial charge >= 0.3 is 17.2 Å². The Bertz CT molecular complexity index is 544. The maximum atomic E-state index is 11.3. The van der Waals surface area contributed by atoms with Gasteiger partial charge in [-0.15, -0.1) is 0 Å². The number of nitrogens with zero attached hydrogens (tertiary/aromatic N) is 4. The molecule has 0 bridgehead atoms. The fraction of sp³-hybridized carbons (Fsp3) is 0.600. The van der Waals surface area contributed by atoms with Crippen molar-refractivity contribution in [1.82, 2.24) is 14.5 Å². The normalized spacial score (nSPS) is 17.9. The molecule has 9 nitrogen and oxygen atoms in total. The molecule has 0 aromatic carbocycles. The first-order valence-corrected chi connectivity index (χ1v) is 6.17. The minimum Gasteiger partial charge on any atom is -0.448 e. The van der Waals surface area contributed by atoms with Gasteiger partial charge in [0.05, 0.1) is 25.2 Å². The first-order valence-electron chi connectivity index (χ1n) is 5.80. The zero-order valence-electron chi connectivity index (χ0n) is 10.7. The van der Waals surface area contributed by atoms with Crippen LogP contribution in [0.15, 0.2) is 6.20 Å². The number of carbonyl (C=O) groups is 1. The second-order valence-corrected chi connectivity index (χ2v) is 5.12. The molecule has 1 atom stereocenters. The standard InChI is InChI=1S/C10H13ClN4O5/c1-10(17,5-13-2-3-20-9(13)16)6-14-4-7(15(18)19)12-8(14)11/h4,17H,2-3,5-6H2,1H3. The molecule has 1 aromatic rings. The number of β-amino-alcohol motifs (C(OH)–C–C–N with tert-alkyl or cyclic N) is 1. The van der Waals surface area contributed by atoms with Gasteiger partial charge < -0.3 is 24.9 Å². The lowest BCUT2D eigenvalue weighted by Crippen LogP contribution is -2.44. The minimum absolute atomic E-state index is 0.0313. The third-order valence-corrected chi connectivity index (χ3v) is 3.09. The van der Waals surface area contributed by atoms with E-state index in [9.17, 15) is 20.0 Å². The summed E-state index contributed by atoms with van der Waals surface area (Å²) < 4.78 is 6.03. The van der Waals surface area contributed by atoms with Crippen LogP contribution in [-0.4, -0.2) is 55.9 Å². The number of aromatic nitrogens is 2. The topological polar surface area (TPSA) is 111 Å². The number of hydrogen-bond donors (Lipinski definition) is 1. The predicted molar refractivity (Wildman–Crippen MR) is 67.4 cm³/mol. The molecule has 1 aliphatic rings. The summed E-state index contributed by atoms with van der Waals surface area (Å²) >= 11 is 5.77. The van der Waals surface area contributed by atoms with E-state index in [0.29, 0.717) is 6.54 Å². The highest BCUT2D eigenvalue weighted by atomic mass is 35.5. The average Bonchev–Trinajstić information content (AvgIpc) is 2.87. The van der Waals surface area contributed by atoms with Crippen LogP contribution < -0.4 is 0 Å². The number of nitro groups is 1. The van der Waals surface area contributed by atoms with Crippen LogP contribution in [-0.2, 0) is 11.3 Å². The van der Waals surface area contributed by atoms with Gasteiger partial charge in [0.1, 0.15) is 12.8 Å². The van der Waals surface area contributed by atoms with Gasteiger partial charge in [0, 0.05) is 0 Å². The van der Waals surface area contributed by atoms with Crippen molar-refractivity contribution in [2.24, 2.45) is 0 Å². The molecule has 2 rings (SSSR count). The highest BCUT2D eigenvalue weighted by Gasteiger charge is 2.32. The lowest BCUT2D eigenvalue weighted by Gasteiger charge is -2.27. The molecule has 1 aromatic heterocycles. The first kappa shape index (κ1) is 14.5. The van der Waals surface area contributed by atoms with Crippen LogP contribution in [0.5, 0.6) is 0 Å². The Kier molecular flexibility index (Phi) is 3.82. The number of hydrogen-bond acceptors (Lipinski definition) is 6. The van der Waals surface area contributed by atoms with E-state index in [4.69, 9.17) is 16.3 Å². The van der Waals surface area contributed by atoms with E-state index in [1.165, 1.54) is 16.4 Å². The van der Waals surface area contributed by atoms with Gasteiger partial charge in [0.25, 0.3) is 0 Å². The fourth-order valence-corrected chi connectivity index (χ4v) is 2.17. The monoisotopic (exact) mass is 304 g/mol. The van der Waals surface area contributed by atoms with Crippen molar-refractivity contribution in [3.05, 3.63) is 21.6 Å². The molecular formula is C10H13ClN4O5. The highest BCUT2D eigenvalue weighted by Crippen LogP contribution is 2.20. The third-order valence-electron chi connectivity index (χ3n) is 2.79. The highest BCUT2D eigenvalue weighted by molar-refractivity contribution is 6.28. The molecular weight excluding hydrogens is 292 g/mol. The molecule has 0 saturated carbocycles. The van der Waals surface area contributed by atoms with Gasteiger partial charge in [0.15, 0.2) is 0 Å². The summed E-state index contributed by atoms with van der Waals surface area (Å²) in [4.78, 5) is 26.2. The number of aliphatic hydroxyl groups is 1. The van der Waals surface area contributed by atoms with Gasteiger partial charge in [-0.25, -0.2) is 4.79 Å². The molecule has 0 aliphatic carbocycles. The SMILES string of the molecule is CC(O)(CN1CCOC1=O)Cn1cc([N+](=O)[O-])nc1Cl. The molecule has 110 valence electrons. The van der Waals surface area contributed by atoms with E-state index in [1.54, 1.807) is 0 Å². The second kappa shape index (κ2) is 5.25. The zero-order chi connectivity index (χ0) is 14.9. The molecule has 0 spiro atoms. The van der Waals surface area contributed by atoms with Crippen LogP contribution in [0.2, 0.25) is 5.28 Å². The zero-order valence-corrected chi connectivity index (χ0v) is 11.4. The molecule has 0 radical (unpaired) electrons. The number of ether oxygens (including phenoxy) is 1. The van der Waals surface area contributed by atoms with E-state index in [-0.39, 0.29) is 25.0 Å². The minimum atomic E-state index is -1.32. The molecule has 1 saturated heterocycles. The molecule has 20 heavy (non-hydrogen) atoms. The lowest BCUT2D eigenvalue weighted by atomic mass is 10.1. The summed E-state index contributed by atoms with van der Waals surface area (Å²) in [6.07, 6.45) is 0.645. The summed E-state index contributed by atoms with van der Waals surface area (Å²) in [5.41, 5.74) is -1.32. The van der Waals surface area contributed by atoms with Crippen LogP contribution in [0.25, 0.3) is 0 Å². The Balaban J connectivity index is 2.07. The molecule has 1 unspecified atom stereocenters. The summed E-state index contributed by atoms with van der Waals surface area (Å²) in [6.45, 7) is 2.18. The van der Waals surface area contributed by atoms with E-state index in [1.807, 2.05) is 0 Å². The number of halogens is 1. The van der Waals surface area contributed by atoms with E-state index in [2.05, 4.69) is 4.98 Å². The van der Waals surface area contributed by atoms with Crippen LogP contribution in [0.1, 0.15) is 6.92 Å². The Morgan fingerprint density at radius 2 is 2.35 bits per heavy atom. The molecule has 1 amide bonds. The maximum Gasteiger partial charge on any atom is 0.410 e. The number of carbonyl (C=O) groups excluding carboxylic acids is 1. The van der Waals surface area contributed by atoms with Crippen LogP contribution in [0.4, 0.5) is 10.6 Å². The third kappa shape index (κ3) is 3.17. The smallest absolute Gasteiger partial charge is 0.410 e. The van der Waals surface area contributed by atoms with Crippen molar-refractivity contribution >= 4 is 23.5 Å². The van der Waals surface area contributed by atoms with Crippen LogP contribution in [0, 0.1) is 10.1 Å². The van der Waals surface area contributed by atoms with E-state index < -0.39 is 22.4 Å². The van der Waals surface area contributed by atoms with Crippen LogP contribution in [0.3, 0.4) is 0 Å². The molecule has 2 heterocycles. The van der Waals surface area contributed by atoms with E-state index >= 15 is 0 Å². The van der Waals surface area contributed by atoms with Gasteiger partial charge in [-0.05, 0) is 28.4 Å². The number of cyclic esters (lactones) is 1. The van der Waals surface area contributed by atoms with Crippen molar-refractivity contribution in [3.8, 4) is 0 Å². The van der Waals surface area contributed by atoms with Crippen LogP contribution >= 0.6 is 11.6 Å². The Labute approximate surface area is 118 Å². The van der Waals surface area contributed by atoms with Crippen molar-refractivity contribution in [2.45, 2.75) is 19.1 Å². The number of rotatable bonds is 5. The molecule has 1 fully saturated rings. The quantitative estimate of drug-likeness (QED) is 0.631. The predicted octanol–water partition coefficient (Wildman–Crippen LogP) is 0.648. The van der Waals surface area contributed by atoms with Gasteiger partial charge in [0.2, 0.25) is 0 Å². The Morgan fingerprint density at radius 3 is 2.85 bits per heavy atom. The fourth-order valence-electron chi connectivity index (χ4n) is 1.98. The largest absolute Gasteiger partial charge is 0.448 e. The van der Waals surface area contributed by atoms with Gasteiger partial charge in [-0.3, -0.25) is 4.57 Å². The van der Waals surface area contributed by atoms with Crippen molar-refractivity contribution < 1.29 is 19.6 Å². The lowest BCUT2D eigenvalue weighted by molar-refractivity contribution is -0.389. The van der Waals surface area contributed by atoms with Gasteiger partial charge in [-0.2, -0.15) is 0 Å². The molecule has 10 heteroatoms. The van der Waals surface area contributed by atoms with Crippen molar-refractivity contribution in [1.29, 1.82) is 0 Å². The summed E-state index contributed by atoms with van der Waals surface area (Å²) in [5.74, 6) is -0.397. The maximum absolute atomic E-state index is 11.3. The summed E-state index contributed by atoms with van der Waals surface area (Å²) in [7, 11) is 0. The summed E-state index contributed by atoms with van der Waals surface area (Å²) in [5, 5.41) is 20.8. The molecule has 1 aliphatic heterocycles. The van der Waals surface area contributed by atoms with E-state index in [0.717, 1.165) is 6.20 Å². The summed E-state index contributed by atoms with van der Waals surface area (Å²) in [6, 6.07) is 0. The Morgan fingerprint density at radius 1 is 1.65 bits per heavy atom. The number of amides is 1. The number of imidazole rings is 1. The van der Waals surface area contributed by atoms with Crippen molar-refractivity contribution in [2.75, 3.05) is 19.7 Å².